The molecule has 0 spiro atoms. The van der Waals surface area contributed by atoms with Gasteiger partial charge in [-0.2, -0.15) is 0 Å². The lowest BCUT2D eigenvalue weighted by Gasteiger charge is -2.30. The topological polar surface area (TPSA) is 49.7 Å². The number of aliphatic hydroxyl groups excluding tert-OH is 2. The van der Waals surface area contributed by atoms with E-state index in [1.54, 1.807) is 12.1 Å². The lowest BCUT2D eigenvalue weighted by Crippen LogP contribution is -2.36. The van der Waals surface area contributed by atoms with E-state index in [0.717, 1.165) is 5.75 Å². The van der Waals surface area contributed by atoms with Crippen molar-refractivity contribution in [2.45, 2.75) is 11.8 Å². The van der Waals surface area contributed by atoms with Gasteiger partial charge in [-0.25, -0.2) is 4.39 Å². The van der Waals surface area contributed by atoms with E-state index in [2.05, 4.69) is 0 Å². The van der Waals surface area contributed by atoms with Crippen molar-refractivity contribution in [2.24, 2.45) is 0 Å². The lowest BCUT2D eigenvalue weighted by atomic mass is 9.79. The molecule has 0 aliphatic heterocycles. The normalized spacial score (nSPS) is 11.4. The van der Waals surface area contributed by atoms with E-state index in [-0.39, 0.29) is 19.0 Å². The maximum atomic E-state index is 13.4. The van der Waals surface area contributed by atoms with Gasteiger partial charge >= 0.3 is 0 Å². The van der Waals surface area contributed by atoms with E-state index in [9.17, 15) is 14.6 Å². The molecule has 4 heteroatoms. The van der Waals surface area contributed by atoms with Gasteiger partial charge in [-0.15, -0.1) is 0 Å². The smallest absolute Gasteiger partial charge is 0.123 e. The van der Waals surface area contributed by atoms with Crippen molar-refractivity contribution < 1.29 is 19.3 Å². The van der Waals surface area contributed by atoms with Crippen LogP contribution in [0.25, 0.3) is 0 Å². The van der Waals surface area contributed by atoms with E-state index < -0.39 is 5.41 Å². The summed E-state index contributed by atoms with van der Waals surface area (Å²) in [6, 6.07) is 15.3. The van der Waals surface area contributed by atoms with Gasteiger partial charge in [0, 0.05) is 5.41 Å². The third-order valence-corrected chi connectivity index (χ3v) is 3.63. The summed E-state index contributed by atoms with van der Waals surface area (Å²) in [6.07, 6.45) is 0.387. The minimum atomic E-state index is -0.906. The summed E-state index contributed by atoms with van der Waals surface area (Å²) in [5.41, 5.74) is -0.333. The molecule has 0 heterocycles. The molecule has 0 amide bonds. The first-order valence-corrected chi connectivity index (χ1v) is 6.86. The molecule has 2 aromatic carbocycles. The molecule has 0 aromatic heterocycles. The summed E-state index contributed by atoms with van der Waals surface area (Å²) < 4.78 is 19.0. The summed E-state index contributed by atoms with van der Waals surface area (Å²) in [7, 11) is 0. The number of benzene rings is 2. The van der Waals surface area contributed by atoms with Crippen LogP contribution in [0.4, 0.5) is 4.39 Å². The highest BCUT2D eigenvalue weighted by Crippen LogP contribution is 2.28. The highest BCUT2D eigenvalue weighted by atomic mass is 19.1. The van der Waals surface area contributed by atoms with Gasteiger partial charge in [-0.1, -0.05) is 30.3 Å². The Kier molecular flexibility index (Phi) is 5.31. The largest absolute Gasteiger partial charge is 0.494 e. The number of halogens is 1. The van der Waals surface area contributed by atoms with Crippen molar-refractivity contribution in [3.05, 3.63) is 66.0 Å². The predicted molar refractivity (Wildman–Crippen MR) is 78.8 cm³/mol. The second-order valence-corrected chi connectivity index (χ2v) is 5.02. The van der Waals surface area contributed by atoms with Crippen LogP contribution >= 0.6 is 0 Å². The minimum Gasteiger partial charge on any atom is -0.494 e. The van der Waals surface area contributed by atoms with E-state index in [1.165, 1.54) is 12.1 Å². The highest BCUT2D eigenvalue weighted by molar-refractivity contribution is 5.27. The van der Waals surface area contributed by atoms with Gasteiger partial charge < -0.3 is 14.9 Å². The second kappa shape index (κ2) is 7.20. The highest BCUT2D eigenvalue weighted by Gasteiger charge is 2.31. The molecule has 2 N–H and O–H groups in total. The fourth-order valence-electron chi connectivity index (χ4n) is 2.23. The zero-order chi connectivity index (χ0) is 15.1. The van der Waals surface area contributed by atoms with Crippen LogP contribution in [0.1, 0.15) is 12.0 Å². The minimum absolute atomic E-state index is 0.273. The van der Waals surface area contributed by atoms with Gasteiger partial charge in [0.1, 0.15) is 11.6 Å². The zero-order valence-electron chi connectivity index (χ0n) is 11.7. The second-order valence-electron chi connectivity index (χ2n) is 5.02. The Morgan fingerprint density at radius 1 is 0.952 bits per heavy atom. The number of hydrogen-bond acceptors (Lipinski definition) is 3. The van der Waals surface area contributed by atoms with Gasteiger partial charge in [0.15, 0.2) is 0 Å². The maximum absolute atomic E-state index is 13.4. The number of hydrogen-bond donors (Lipinski definition) is 2. The van der Waals surface area contributed by atoms with Crippen molar-refractivity contribution in [1.82, 2.24) is 0 Å². The molecule has 0 radical (unpaired) electrons. The van der Waals surface area contributed by atoms with Gasteiger partial charge in [0.2, 0.25) is 0 Å². The Bertz CT molecular complexity index is 553. The van der Waals surface area contributed by atoms with Crippen LogP contribution in [0.15, 0.2) is 54.6 Å². The first-order valence-electron chi connectivity index (χ1n) is 6.86. The Balaban J connectivity index is 2.08. The van der Waals surface area contributed by atoms with Gasteiger partial charge in [0.25, 0.3) is 0 Å². The van der Waals surface area contributed by atoms with Crippen molar-refractivity contribution in [3.8, 4) is 5.75 Å². The number of rotatable bonds is 7. The Morgan fingerprint density at radius 2 is 1.67 bits per heavy atom. The van der Waals surface area contributed by atoms with E-state index in [0.29, 0.717) is 18.6 Å². The number of ether oxygens (including phenoxy) is 1. The zero-order valence-corrected chi connectivity index (χ0v) is 11.7. The molecule has 0 fully saturated rings. The van der Waals surface area contributed by atoms with Crippen molar-refractivity contribution in [3.63, 3.8) is 0 Å². The first-order chi connectivity index (χ1) is 10.2. The van der Waals surface area contributed by atoms with Crippen LogP contribution in [-0.4, -0.2) is 30.0 Å². The molecule has 0 saturated heterocycles. The fraction of sp³-hybridized carbons (Fsp3) is 0.294. The van der Waals surface area contributed by atoms with Crippen LogP contribution in [0.3, 0.4) is 0 Å². The molecule has 0 bridgehead atoms. The molecular formula is C17H19FO3. The van der Waals surface area contributed by atoms with E-state index in [4.69, 9.17) is 4.74 Å². The molecular weight excluding hydrogens is 271 g/mol. The van der Waals surface area contributed by atoms with E-state index in [1.807, 2.05) is 30.3 Å². The van der Waals surface area contributed by atoms with Crippen LogP contribution < -0.4 is 4.74 Å². The van der Waals surface area contributed by atoms with Crippen LogP contribution in [0.2, 0.25) is 0 Å². The van der Waals surface area contributed by atoms with Gasteiger partial charge in [-0.3, -0.25) is 0 Å². The molecule has 112 valence electrons. The van der Waals surface area contributed by atoms with Crippen molar-refractivity contribution in [2.75, 3.05) is 19.8 Å². The molecule has 21 heavy (non-hydrogen) atoms. The van der Waals surface area contributed by atoms with Crippen molar-refractivity contribution in [1.29, 1.82) is 0 Å². The van der Waals surface area contributed by atoms with Crippen LogP contribution in [0, 0.1) is 5.82 Å². The molecule has 2 aromatic rings. The standard InChI is InChI=1S/C17H19FO3/c18-15-6-4-5-14(11-15)17(12-19,13-20)9-10-21-16-7-2-1-3-8-16/h1-8,11,19-20H,9-10,12-13H2. The SMILES string of the molecule is OCC(CO)(CCOc1ccccc1)c1cccc(F)c1. The Morgan fingerprint density at radius 3 is 2.29 bits per heavy atom. The molecule has 3 nitrogen and oxygen atoms in total. The molecule has 2 rings (SSSR count). The fourth-order valence-corrected chi connectivity index (χ4v) is 2.23. The predicted octanol–water partition coefficient (Wildman–Crippen LogP) is 2.52. The third-order valence-electron chi connectivity index (χ3n) is 3.63. The summed E-state index contributed by atoms with van der Waals surface area (Å²) in [4.78, 5) is 0. The number of para-hydroxylation sites is 1. The summed E-state index contributed by atoms with van der Waals surface area (Å²) in [5.74, 6) is 0.337. The number of aliphatic hydroxyl groups is 2. The molecule has 0 unspecified atom stereocenters. The van der Waals surface area contributed by atoms with Crippen LogP contribution in [-0.2, 0) is 5.41 Å². The summed E-state index contributed by atoms with van der Waals surface area (Å²) in [6.45, 7) is -0.224. The van der Waals surface area contributed by atoms with Gasteiger partial charge in [-0.05, 0) is 36.2 Å². The molecule has 0 aliphatic rings. The van der Waals surface area contributed by atoms with Crippen molar-refractivity contribution >= 4 is 0 Å². The summed E-state index contributed by atoms with van der Waals surface area (Å²) >= 11 is 0. The van der Waals surface area contributed by atoms with E-state index >= 15 is 0 Å². The first kappa shape index (κ1) is 15.5. The molecule has 0 aliphatic carbocycles. The average molecular weight is 290 g/mol. The van der Waals surface area contributed by atoms with Crippen LogP contribution in [0.5, 0.6) is 5.75 Å². The maximum Gasteiger partial charge on any atom is 0.123 e. The monoisotopic (exact) mass is 290 g/mol. The lowest BCUT2D eigenvalue weighted by molar-refractivity contribution is 0.0949. The summed E-state index contributed by atoms with van der Waals surface area (Å²) in [5, 5.41) is 19.4. The Hall–Kier alpha value is -1.91. The average Bonchev–Trinajstić information content (AvgIpc) is 2.53. The quantitative estimate of drug-likeness (QED) is 0.824. The Labute approximate surface area is 123 Å². The van der Waals surface area contributed by atoms with Gasteiger partial charge in [0.05, 0.1) is 19.8 Å². The molecule has 0 saturated carbocycles. The third kappa shape index (κ3) is 3.80. The molecule has 0 atom stereocenters.